The van der Waals surface area contributed by atoms with Crippen molar-refractivity contribution < 1.29 is 18.4 Å². The summed E-state index contributed by atoms with van der Waals surface area (Å²) < 4.78 is 26.3. The second kappa shape index (κ2) is 10.3. The van der Waals surface area contributed by atoms with Crippen LogP contribution in [0.4, 0.5) is 25.8 Å². The number of carbonyl (C=O) groups is 2. The van der Waals surface area contributed by atoms with Crippen LogP contribution in [0.1, 0.15) is 27.4 Å². The van der Waals surface area contributed by atoms with Crippen LogP contribution in [0.3, 0.4) is 0 Å². The number of alkyl halides is 2. The Morgan fingerprint density at radius 3 is 2.19 bits per heavy atom. The number of nitrogen functional groups attached to an aromatic ring is 1. The van der Waals surface area contributed by atoms with Crippen molar-refractivity contribution in [3.63, 3.8) is 0 Å². The molecule has 0 aliphatic heterocycles. The zero-order chi connectivity index (χ0) is 27.4. The van der Waals surface area contributed by atoms with E-state index in [0.29, 0.717) is 11.1 Å². The third kappa shape index (κ3) is 5.31. The Morgan fingerprint density at radius 2 is 1.57 bits per heavy atom. The van der Waals surface area contributed by atoms with E-state index in [0.717, 1.165) is 12.1 Å². The number of anilines is 3. The number of benzene rings is 3. The van der Waals surface area contributed by atoms with E-state index in [1.807, 2.05) is 0 Å². The molecule has 5 nitrogen and oxygen atoms in total. The van der Waals surface area contributed by atoms with Crippen LogP contribution >= 0.6 is 69.6 Å². The molecule has 1 aliphatic rings. The average Bonchev–Trinajstić information content (AvgIpc) is 3.41. The number of carbonyl (C=O) groups excluding carboxylic acids is 2. The van der Waals surface area contributed by atoms with Gasteiger partial charge in [-0.15, -0.1) is 23.2 Å². The molecule has 0 aromatic heterocycles. The monoisotopic (exact) mass is 625 g/mol. The summed E-state index contributed by atoms with van der Waals surface area (Å²) >= 11 is 37.3. The largest absolute Gasteiger partial charge is 0.394 e. The zero-order valence-electron chi connectivity index (χ0n) is 18.5. The maximum atomic E-state index is 14.3. The van der Waals surface area contributed by atoms with Crippen LogP contribution in [0.2, 0.25) is 20.1 Å². The van der Waals surface area contributed by atoms with Crippen LogP contribution in [-0.4, -0.2) is 16.1 Å². The Hall–Kier alpha value is -2.00. The molecule has 13 heteroatoms. The molecule has 4 rings (SSSR count). The highest BCUT2D eigenvalue weighted by Gasteiger charge is 2.67. The summed E-state index contributed by atoms with van der Waals surface area (Å²) in [5.41, 5.74) is 5.35. The number of aryl methyl sites for hydroxylation is 1. The smallest absolute Gasteiger partial charge is 0.257 e. The van der Waals surface area contributed by atoms with Crippen molar-refractivity contribution in [2.24, 2.45) is 5.92 Å². The molecule has 0 spiro atoms. The minimum absolute atomic E-state index is 0.0600. The van der Waals surface area contributed by atoms with Gasteiger partial charge in [-0.05, 0) is 54.4 Å². The quantitative estimate of drug-likeness (QED) is 0.151. The Bertz CT molecular complexity index is 1440. The highest BCUT2D eigenvalue weighted by atomic mass is 35.5. The highest BCUT2D eigenvalue weighted by Crippen LogP contribution is 2.65. The molecule has 194 valence electrons. The van der Waals surface area contributed by atoms with E-state index < -0.39 is 45.3 Å². The van der Waals surface area contributed by atoms with Crippen molar-refractivity contribution in [1.82, 2.24) is 0 Å². The second-order valence-corrected chi connectivity index (χ2v) is 11.4. The maximum Gasteiger partial charge on any atom is 0.257 e. The molecule has 0 heterocycles. The van der Waals surface area contributed by atoms with Crippen LogP contribution in [-0.2, 0) is 4.79 Å². The second-order valence-electron chi connectivity index (χ2n) is 8.35. The summed E-state index contributed by atoms with van der Waals surface area (Å²) in [6, 6.07) is 7.83. The zero-order valence-corrected chi connectivity index (χ0v) is 23.1. The van der Waals surface area contributed by atoms with E-state index in [4.69, 9.17) is 75.3 Å². The number of hydrogen-bond donors (Lipinski definition) is 3. The van der Waals surface area contributed by atoms with Crippen molar-refractivity contribution >= 4 is 98.5 Å². The first-order valence-corrected chi connectivity index (χ1v) is 12.7. The minimum atomic E-state index is -1.45. The van der Waals surface area contributed by atoms with Gasteiger partial charge in [-0.3, -0.25) is 9.59 Å². The maximum absolute atomic E-state index is 14.3. The van der Waals surface area contributed by atoms with Gasteiger partial charge in [0.25, 0.3) is 5.91 Å². The number of amides is 2. The van der Waals surface area contributed by atoms with Crippen molar-refractivity contribution in [2.45, 2.75) is 17.2 Å². The number of nitrogens with two attached hydrogens (primary N) is 1. The Balaban J connectivity index is 1.57. The van der Waals surface area contributed by atoms with E-state index in [1.165, 1.54) is 24.3 Å². The van der Waals surface area contributed by atoms with Gasteiger partial charge in [0.1, 0.15) is 15.8 Å². The fourth-order valence-corrected chi connectivity index (χ4v) is 5.54. The number of nitrogens with one attached hydrogen (secondary N) is 2. The molecule has 1 saturated carbocycles. The molecular formula is C24H15Cl6F2N3O2. The van der Waals surface area contributed by atoms with Crippen LogP contribution in [0.15, 0.2) is 36.4 Å². The first-order valence-electron chi connectivity index (χ1n) is 10.4. The third-order valence-corrected chi connectivity index (χ3v) is 8.48. The van der Waals surface area contributed by atoms with Gasteiger partial charge in [-0.1, -0.05) is 46.4 Å². The molecule has 0 bridgehead atoms. The van der Waals surface area contributed by atoms with Crippen molar-refractivity contribution in [3.05, 3.63) is 84.8 Å². The van der Waals surface area contributed by atoms with Gasteiger partial charge in [-0.2, -0.15) is 0 Å². The summed E-state index contributed by atoms with van der Waals surface area (Å²) in [6.45, 7) is 1.61. The highest BCUT2D eigenvalue weighted by molar-refractivity contribution is 6.54. The summed E-state index contributed by atoms with van der Waals surface area (Å²) in [7, 11) is 0. The lowest BCUT2D eigenvalue weighted by atomic mass is 10.1. The fraction of sp³-hybridized carbons (Fsp3) is 0.167. The molecule has 2 atom stereocenters. The molecule has 4 N–H and O–H groups in total. The first kappa shape index (κ1) is 28.0. The molecule has 3 aromatic carbocycles. The van der Waals surface area contributed by atoms with Crippen LogP contribution in [0.25, 0.3) is 0 Å². The van der Waals surface area contributed by atoms with Crippen molar-refractivity contribution in [3.8, 4) is 0 Å². The summed E-state index contributed by atoms with van der Waals surface area (Å²) in [6.07, 6.45) is 0. The van der Waals surface area contributed by atoms with E-state index in [-0.39, 0.29) is 37.0 Å². The molecule has 0 radical (unpaired) electrons. The van der Waals surface area contributed by atoms with Crippen molar-refractivity contribution in [1.29, 1.82) is 0 Å². The molecular weight excluding hydrogens is 613 g/mol. The molecule has 0 saturated heterocycles. The summed E-state index contributed by atoms with van der Waals surface area (Å²) in [5.74, 6) is -4.96. The van der Waals surface area contributed by atoms with Gasteiger partial charge in [0.2, 0.25) is 5.91 Å². The Labute approximate surface area is 240 Å². The molecule has 0 unspecified atom stereocenters. The normalized spacial score (nSPS) is 17.9. The summed E-state index contributed by atoms with van der Waals surface area (Å²) in [4.78, 5) is 26.0. The third-order valence-electron chi connectivity index (χ3n) is 5.84. The van der Waals surface area contributed by atoms with E-state index >= 15 is 0 Å². The molecule has 2 amide bonds. The minimum Gasteiger partial charge on any atom is -0.394 e. The number of hydrogen-bond acceptors (Lipinski definition) is 3. The van der Waals surface area contributed by atoms with Gasteiger partial charge in [0.15, 0.2) is 5.82 Å². The van der Waals surface area contributed by atoms with E-state index in [1.54, 1.807) is 6.92 Å². The van der Waals surface area contributed by atoms with Gasteiger partial charge < -0.3 is 16.4 Å². The van der Waals surface area contributed by atoms with E-state index in [2.05, 4.69) is 10.6 Å². The number of rotatable bonds is 5. The predicted octanol–water partition coefficient (Wildman–Crippen LogP) is 8.25. The first-order chi connectivity index (χ1) is 17.2. The van der Waals surface area contributed by atoms with Crippen molar-refractivity contribution in [2.75, 3.05) is 16.4 Å². The SMILES string of the molecule is Cc1cc(NC(=O)[C@H]2[C@H](c3cc(Cl)c(Cl)c(Cl)c3)C2(Cl)Cl)cc(C(=O)Nc2ccc(F)c(N)c2F)c1Cl. The van der Waals surface area contributed by atoms with Gasteiger partial charge in [0, 0.05) is 11.6 Å². The Morgan fingerprint density at radius 1 is 0.946 bits per heavy atom. The lowest BCUT2D eigenvalue weighted by molar-refractivity contribution is -0.117. The molecule has 1 aliphatic carbocycles. The van der Waals surface area contributed by atoms with Gasteiger partial charge >= 0.3 is 0 Å². The Kier molecular flexibility index (Phi) is 7.79. The molecule has 3 aromatic rings. The number of halogens is 8. The summed E-state index contributed by atoms with van der Waals surface area (Å²) in [5, 5.41) is 5.56. The van der Waals surface area contributed by atoms with E-state index in [9.17, 15) is 18.4 Å². The average molecular weight is 628 g/mol. The standard InChI is InChI=1S/C24H15Cl6F2N3O2/c1-8-4-10(7-11(18(8)27)22(36)35-15-3-2-14(31)21(33)20(15)32)34-23(37)17-16(24(17,29)30)9-5-12(25)19(28)13(26)6-9/h2-7,16-17H,33H2,1H3,(H,34,37)(H,35,36)/t16-,17+/m0/s1. The van der Waals surface area contributed by atoms with Crippen LogP contribution in [0, 0.1) is 24.5 Å². The van der Waals surface area contributed by atoms with Gasteiger partial charge in [0.05, 0.1) is 37.3 Å². The topological polar surface area (TPSA) is 84.2 Å². The predicted molar refractivity (Wildman–Crippen MR) is 146 cm³/mol. The van der Waals surface area contributed by atoms with Crippen LogP contribution in [0.5, 0.6) is 0 Å². The van der Waals surface area contributed by atoms with Gasteiger partial charge in [-0.25, -0.2) is 8.78 Å². The fourth-order valence-electron chi connectivity index (χ4n) is 3.90. The lowest BCUT2D eigenvalue weighted by Crippen LogP contribution is -2.19. The van der Waals surface area contributed by atoms with Crippen LogP contribution < -0.4 is 16.4 Å². The molecule has 37 heavy (non-hydrogen) atoms. The lowest BCUT2D eigenvalue weighted by Gasteiger charge is -2.13. The molecule has 1 fully saturated rings.